The Labute approximate surface area is 143 Å². The van der Waals surface area contributed by atoms with Gasteiger partial charge < -0.3 is 15.6 Å². The zero-order valence-corrected chi connectivity index (χ0v) is 14.6. The lowest BCUT2D eigenvalue weighted by Crippen LogP contribution is -2.10. The summed E-state index contributed by atoms with van der Waals surface area (Å²) in [5, 5.41) is 10.1. The van der Waals surface area contributed by atoms with E-state index >= 15 is 0 Å². The van der Waals surface area contributed by atoms with Crippen molar-refractivity contribution in [1.82, 2.24) is 15.1 Å². The zero-order valence-electron chi connectivity index (χ0n) is 13.8. The molecule has 3 N–H and O–H groups in total. The van der Waals surface area contributed by atoms with Crippen LogP contribution in [0.15, 0.2) is 16.0 Å². The molecule has 0 unspecified atom stereocenters. The van der Waals surface area contributed by atoms with E-state index < -0.39 is 5.91 Å². The number of rotatable bonds is 6. The number of carbonyl (C=O) groups excluding carboxylic acids is 1. The summed E-state index contributed by atoms with van der Waals surface area (Å²) in [7, 11) is 0. The monoisotopic (exact) mass is 345 g/mol. The molecule has 24 heavy (non-hydrogen) atoms. The van der Waals surface area contributed by atoms with Gasteiger partial charge in [-0.15, -0.1) is 11.3 Å². The first-order valence-corrected chi connectivity index (χ1v) is 8.56. The number of carbonyl (C=O) groups is 1. The average Bonchev–Trinajstić information content (AvgIpc) is 3.11. The van der Waals surface area contributed by atoms with Crippen LogP contribution in [-0.4, -0.2) is 21.0 Å². The van der Waals surface area contributed by atoms with Crippen molar-refractivity contribution in [2.24, 2.45) is 11.7 Å². The van der Waals surface area contributed by atoms with Gasteiger partial charge in [0.1, 0.15) is 16.5 Å². The van der Waals surface area contributed by atoms with Crippen molar-refractivity contribution in [2.75, 3.05) is 5.32 Å². The molecule has 0 saturated heterocycles. The fraction of sp³-hybridized carbons (Fsp3) is 0.375. The number of thiophene rings is 1. The summed E-state index contributed by atoms with van der Waals surface area (Å²) in [5.74, 6) is 1.94. The summed E-state index contributed by atoms with van der Waals surface area (Å²) < 4.78 is 5.11. The molecule has 1 amide bonds. The summed E-state index contributed by atoms with van der Waals surface area (Å²) in [6.45, 7) is 6.60. The number of aromatic nitrogens is 3. The van der Waals surface area contributed by atoms with Crippen molar-refractivity contribution >= 4 is 33.3 Å². The van der Waals surface area contributed by atoms with Crippen molar-refractivity contribution in [3.63, 3.8) is 0 Å². The van der Waals surface area contributed by atoms with Crippen LogP contribution in [0, 0.1) is 12.8 Å². The van der Waals surface area contributed by atoms with Crippen molar-refractivity contribution in [3.05, 3.63) is 34.3 Å². The van der Waals surface area contributed by atoms with Gasteiger partial charge in [0.25, 0.3) is 5.91 Å². The van der Waals surface area contributed by atoms with Crippen LogP contribution in [-0.2, 0) is 13.0 Å². The highest BCUT2D eigenvalue weighted by Gasteiger charge is 2.15. The second-order valence-corrected chi connectivity index (χ2v) is 6.91. The third-order valence-electron chi connectivity index (χ3n) is 3.49. The lowest BCUT2D eigenvalue weighted by Gasteiger charge is -2.09. The molecule has 126 valence electrons. The van der Waals surface area contributed by atoms with Gasteiger partial charge in [-0.05, 0) is 30.2 Å². The van der Waals surface area contributed by atoms with Crippen molar-refractivity contribution < 1.29 is 9.32 Å². The molecule has 8 heteroatoms. The number of primary amides is 1. The maximum atomic E-state index is 11.1. The van der Waals surface area contributed by atoms with E-state index in [1.807, 2.05) is 6.92 Å². The first-order chi connectivity index (χ1) is 11.4. The Balaban J connectivity index is 1.89. The molecule has 3 heterocycles. The summed E-state index contributed by atoms with van der Waals surface area (Å²) >= 11 is 1.63. The molecule has 0 aliphatic carbocycles. The van der Waals surface area contributed by atoms with Gasteiger partial charge in [0.2, 0.25) is 0 Å². The second kappa shape index (κ2) is 6.56. The number of anilines is 1. The Hall–Kier alpha value is -2.48. The quantitative estimate of drug-likeness (QED) is 0.711. The molecule has 7 nitrogen and oxygen atoms in total. The Morgan fingerprint density at radius 2 is 2.21 bits per heavy atom. The number of aryl methyl sites for hydroxylation is 1. The number of nitrogens with zero attached hydrogens (tertiary/aromatic N) is 3. The zero-order chi connectivity index (χ0) is 17.3. The molecule has 3 rings (SSSR count). The van der Waals surface area contributed by atoms with Crippen LogP contribution >= 0.6 is 11.3 Å². The summed E-state index contributed by atoms with van der Waals surface area (Å²) in [6.07, 6.45) is 0.967. The summed E-state index contributed by atoms with van der Waals surface area (Å²) in [5.41, 5.74) is 6.54. The molecule has 3 aromatic heterocycles. The van der Waals surface area contributed by atoms with Gasteiger partial charge in [0.05, 0.1) is 11.9 Å². The summed E-state index contributed by atoms with van der Waals surface area (Å²) in [6, 6.07) is 1.53. The van der Waals surface area contributed by atoms with Crippen LogP contribution in [0.4, 0.5) is 5.82 Å². The van der Waals surface area contributed by atoms with Crippen molar-refractivity contribution in [2.45, 2.75) is 33.7 Å². The van der Waals surface area contributed by atoms with Gasteiger partial charge in [-0.25, -0.2) is 9.97 Å². The Morgan fingerprint density at radius 1 is 1.42 bits per heavy atom. The summed E-state index contributed by atoms with van der Waals surface area (Å²) in [4.78, 5) is 21.1. The minimum absolute atomic E-state index is 0.117. The number of nitrogens with two attached hydrogens (primary N) is 1. The first-order valence-electron chi connectivity index (χ1n) is 7.68. The molecular weight excluding hydrogens is 326 g/mol. The molecule has 0 fully saturated rings. The molecule has 0 saturated carbocycles. The molecule has 0 aliphatic rings. The van der Waals surface area contributed by atoms with Gasteiger partial charge in [-0.1, -0.05) is 19.0 Å². The van der Waals surface area contributed by atoms with Crippen LogP contribution in [0.1, 0.15) is 41.5 Å². The Bertz CT molecular complexity index is 884. The standard InChI is InChI=1S/C16H19N5O2S/c1-8(2)4-10-7-24-16-13(10)15(19-9(3)20-16)18-6-11-5-12(14(17)22)21-23-11/h5,7-8H,4,6H2,1-3H3,(H2,17,22)(H,18,19,20). The van der Waals surface area contributed by atoms with Gasteiger partial charge in [0.15, 0.2) is 11.5 Å². The fourth-order valence-corrected chi connectivity index (χ4v) is 3.51. The molecule has 3 aromatic rings. The van der Waals surface area contributed by atoms with E-state index in [2.05, 4.69) is 39.7 Å². The van der Waals surface area contributed by atoms with Gasteiger partial charge >= 0.3 is 0 Å². The smallest absolute Gasteiger partial charge is 0.270 e. The van der Waals surface area contributed by atoms with Crippen LogP contribution in [0.25, 0.3) is 10.2 Å². The Morgan fingerprint density at radius 3 is 2.88 bits per heavy atom. The van der Waals surface area contributed by atoms with Crippen molar-refractivity contribution in [3.8, 4) is 0 Å². The molecule has 0 atom stereocenters. The molecular formula is C16H19N5O2S. The molecule has 0 aromatic carbocycles. The predicted octanol–water partition coefficient (Wildman–Crippen LogP) is 2.90. The topological polar surface area (TPSA) is 107 Å². The number of hydrogen-bond acceptors (Lipinski definition) is 7. The highest BCUT2D eigenvalue weighted by molar-refractivity contribution is 7.17. The maximum Gasteiger partial charge on any atom is 0.270 e. The van der Waals surface area contributed by atoms with Gasteiger partial charge in [0, 0.05) is 6.07 Å². The first kappa shape index (κ1) is 16.4. The minimum atomic E-state index is -0.609. The number of fused-ring (bicyclic) bond motifs is 1. The lowest BCUT2D eigenvalue weighted by atomic mass is 10.0. The predicted molar refractivity (Wildman–Crippen MR) is 93.0 cm³/mol. The van der Waals surface area contributed by atoms with E-state index in [-0.39, 0.29) is 5.69 Å². The van der Waals surface area contributed by atoms with Crippen LogP contribution in [0.3, 0.4) is 0 Å². The van der Waals surface area contributed by atoms with Gasteiger partial charge in [-0.3, -0.25) is 4.79 Å². The minimum Gasteiger partial charge on any atom is -0.364 e. The highest BCUT2D eigenvalue weighted by atomic mass is 32.1. The fourth-order valence-electron chi connectivity index (χ4n) is 2.51. The van der Waals surface area contributed by atoms with E-state index in [0.717, 1.165) is 22.5 Å². The van der Waals surface area contributed by atoms with E-state index in [4.69, 9.17) is 10.3 Å². The van der Waals surface area contributed by atoms with Crippen LogP contribution in [0.2, 0.25) is 0 Å². The lowest BCUT2D eigenvalue weighted by molar-refractivity contribution is 0.0991. The van der Waals surface area contributed by atoms with Crippen LogP contribution in [0.5, 0.6) is 0 Å². The molecule has 0 spiro atoms. The number of hydrogen-bond donors (Lipinski definition) is 2. The van der Waals surface area contributed by atoms with Crippen LogP contribution < -0.4 is 11.1 Å². The SMILES string of the molecule is Cc1nc(NCc2cc(C(N)=O)no2)c2c(CC(C)C)csc2n1. The molecule has 0 radical (unpaired) electrons. The van der Waals surface area contributed by atoms with E-state index in [0.29, 0.717) is 24.0 Å². The third-order valence-corrected chi connectivity index (χ3v) is 4.41. The van der Waals surface area contributed by atoms with Crippen molar-refractivity contribution in [1.29, 1.82) is 0 Å². The number of nitrogens with one attached hydrogen (secondary N) is 1. The van der Waals surface area contributed by atoms with Gasteiger partial charge in [-0.2, -0.15) is 0 Å². The normalized spacial score (nSPS) is 11.3. The Kier molecular flexibility index (Phi) is 4.48. The molecule has 0 bridgehead atoms. The third kappa shape index (κ3) is 3.38. The molecule has 0 aliphatic heterocycles. The number of amides is 1. The average molecular weight is 345 g/mol. The van der Waals surface area contributed by atoms with E-state index in [9.17, 15) is 4.79 Å². The second-order valence-electron chi connectivity index (χ2n) is 6.05. The van der Waals surface area contributed by atoms with E-state index in [1.165, 1.54) is 11.6 Å². The van der Waals surface area contributed by atoms with E-state index in [1.54, 1.807) is 11.3 Å². The highest BCUT2D eigenvalue weighted by Crippen LogP contribution is 2.31. The maximum absolute atomic E-state index is 11.1. The largest absolute Gasteiger partial charge is 0.364 e.